The van der Waals surface area contributed by atoms with Crippen LogP contribution in [0.2, 0.25) is 0 Å². The van der Waals surface area contributed by atoms with E-state index in [4.69, 9.17) is 0 Å². The molecule has 7 nitrogen and oxygen atoms in total. The van der Waals surface area contributed by atoms with Gasteiger partial charge in [0.2, 0.25) is 11.8 Å². The van der Waals surface area contributed by atoms with Gasteiger partial charge in [-0.3, -0.25) is 13.9 Å². The highest BCUT2D eigenvalue weighted by Crippen LogP contribution is 2.25. The average molecular weight is 550 g/mol. The summed E-state index contributed by atoms with van der Waals surface area (Å²) >= 11 is 0. The van der Waals surface area contributed by atoms with Gasteiger partial charge in [-0.1, -0.05) is 67.1 Å². The van der Waals surface area contributed by atoms with Gasteiger partial charge in [0.25, 0.3) is 10.0 Å². The smallest absolute Gasteiger partial charge is 0.264 e. The van der Waals surface area contributed by atoms with Gasteiger partial charge in [0.1, 0.15) is 12.6 Å². The first-order valence-corrected chi connectivity index (χ1v) is 14.6. The first kappa shape index (κ1) is 29.9. The molecule has 0 unspecified atom stereocenters. The number of carbonyl (C=O) groups is 2. The second kappa shape index (κ2) is 12.5. The van der Waals surface area contributed by atoms with Crippen molar-refractivity contribution in [2.45, 2.75) is 71.0 Å². The van der Waals surface area contributed by atoms with Crippen molar-refractivity contribution >= 4 is 27.5 Å². The van der Waals surface area contributed by atoms with E-state index in [0.717, 1.165) is 21.0 Å². The second-order valence-corrected chi connectivity index (χ2v) is 12.6. The molecule has 0 fully saturated rings. The van der Waals surface area contributed by atoms with Gasteiger partial charge >= 0.3 is 0 Å². The first-order chi connectivity index (χ1) is 18.3. The van der Waals surface area contributed by atoms with Crippen molar-refractivity contribution in [3.63, 3.8) is 0 Å². The van der Waals surface area contributed by atoms with Crippen molar-refractivity contribution in [3.05, 3.63) is 95.6 Å². The molecule has 0 radical (unpaired) electrons. The van der Waals surface area contributed by atoms with Gasteiger partial charge in [-0.25, -0.2) is 8.42 Å². The normalized spacial score (nSPS) is 12.5. The van der Waals surface area contributed by atoms with Gasteiger partial charge in [-0.05, 0) is 76.4 Å². The lowest BCUT2D eigenvalue weighted by Gasteiger charge is -2.35. The van der Waals surface area contributed by atoms with E-state index in [-0.39, 0.29) is 17.3 Å². The molecule has 0 aliphatic heterocycles. The van der Waals surface area contributed by atoms with Crippen LogP contribution in [0.4, 0.5) is 5.69 Å². The molecule has 0 aliphatic rings. The predicted molar refractivity (Wildman–Crippen MR) is 156 cm³/mol. The van der Waals surface area contributed by atoms with Gasteiger partial charge in [0, 0.05) is 12.1 Å². The topological polar surface area (TPSA) is 86.8 Å². The SMILES string of the molecule is CC[C@H](C(=O)NC(C)(C)C)N(Cc1ccccc1C)C(=O)CN(c1ccccc1)S(=O)(=O)c1ccc(C)cc1. The highest BCUT2D eigenvalue weighted by Gasteiger charge is 2.34. The predicted octanol–water partition coefficient (Wildman–Crippen LogP) is 5.22. The second-order valence-electron chi connectivity index (χ2n) is 10.8. The van der Waals surface area contributed by atoms with E-state index in [1.165, 1.54) is 4.90 Å². The number of benzene rings is 3. The van der Waals surface area contributed by atoms with Crippen LogP contribution in [-0.4, -0.2) is 43.3 Å². The summed E-state index contributed by atoms with van der Waals surface area (Å²) in [5.41, 5.74) is 2.67. The highest BCUT2D eigenvalue weighted by atomic mass is 32.2. The molecule has 0 bridgehead atoms. The van der Waals surface area contributed by atoms with Crippen LogP contribution in [0.1, 0.15) is 50.8 Å². The number of aryl methyl sites for hydroxylation is 2. The number of amides is 2. The molecule has 1 atom stereocenters. The van der Waals surface area contributed by atoms with E-state index < -0.39 is 34.1 Å². The number of hydrogen-bond acceptors (Lipinski definition) is 4. The quantitative estimate of drug-likeness (QED) is 0.376. The van der Waals surface area contributed by atoms with Gasteiger partial charge in [-0.15, -0.1) is 0 Å². The van der Waals surface area contributed by atoms with Crippen LogP contribution in [0.25, 0.3) is 0 Å². The van der Waals surface area contributed by atoms with Crippen LogP contribution in [0.3, 0.4) is 0 Å². The summed E-state index contributed by atoms with van der Waals surface area (Å²) in [5.74, 6) is -0.742. The third kappa shape index (κ3) is 7.69. The number of anilines is 1. The monoisotopic (exact) mass is 549 g/mol. The molecule has 8 heteroatoms. The zero-order valence-electron chi connectivity index (χ0n) is 23.6. The molecule has 2 amide bonds. The molecular formula is C31H39N3O4S. The Balaban J connectivity index is 2.06. The zero-order chi connectivity index (χ0) is 28.8. The van der Waals surface area contributed by atoms with Crippen LogP contribution in [0, 0.1) is 13.8 Å². The largest absolute Gasteiger partial charge is 0.350 e. The third-order valence-corrected chi connectivity index (χ3v) is 8.21. The maximum absolute atomic E-state index is 14.1. The maximum atomic E-state index is 14.1. The third-order valence-electron chi connectivity index (χ3n) is 6.42. The molecule has 0 aromatic heterocycles. The van der Waals surface area contributed by atoms with Crippen LogP contribution >= 0.6 is 0 Å². The molecular weight excluding hydrogens is 510 g/mol. The lowest BCUT2D eigenvalue weighted by atomic mass is 10.0. The number of nitrogens with one attached hydrogen (secondary N) is 1. The van der Waals surface area contributed by atoms with E-state index in [9.17, 15) is 18.0 Å². The molecule has 3 rings (SSSR count). The van der Waals surface area contributed by atoms with Crippen molar-refractivity contribution in [1.29, 1.82) is 0 Å². The summed E-state index contributed by atoms with van der Waals surface area (Å²) in [6, 6.07) is 22.0. The van der Waals surface area contributed by atoms with Crippen molar-refractivity contribution in [2.75, 3.05) is 10.8 Å². The minimum absolute atomic E-state index is 0.0905. The van der Waals surface area contributed by atoms with Gasteiger partial charge in [0.05, 0.1) is 10.6 Å². The first-order valence-electron chi connectivity index (χ1n) is 13.1. The van der Waals surface area contributed by atoms with Gasteiger partial charge < -0.3 is 10.2 Å². The summed E-state index contributed by atoms with van der Waals surface area (Å²) in [6.07, 6.45) is 0.371. The maximum Gasteiger partial charge on any atom is 0.264 e. The Bertz CT molecular complexity index is 1380. The van der Waals surface area contributed by atoms with Crippen LogP contribution in [-0.2, 0) is 26.2 Å². The molecule has 0 saturated carbocycles. The van der Waals surface area contributed by atoms with Crippen LogP contribution < -0.4 is 9.62 Å². The molecule has 39 heavy (non-hydrogen) atoms. The summed E-state index contributed by atoms with van der Waals surface area (Å²) in [5, 5.41) is 2.99. The minimum Gasteiger partial charge on any atom is -0.350 e. The van der Waals surface area contributed by atoms with E-state index in [1.807, 2.05) is 65.8 Å². The lowest BCUT2D eigenvalue weighted by Crippen LogP contribution is -2.55. The van der Waals surface area contributed by atoms with E-state index in [1.54, 1.807) is 54.6 Å². The van der Waals surface area contributed by atoms with Gasteiger partial charge in [-0.2, -0.15) is 0 Å². The number of nitrogens with zero attached hydrogens (tertiary/aromatic N) is 2. The molecule has 0 heterocycles. The molecule has 208 valence electrons. The Kier molecular flexibility index (Phi) is 9.56. The van der Waals surface area contributed by atoms with Crippen molar-refractivity contribution in [3.8, 4) is 0 Å². The standard InChI is InChI=1S/C31H39N3O4S/c1-7-28(30(36)32-31(4,5)6)33(21-25-14-12-11-13-24(25)3)29(35)22-34(26-15-9-8-10-16-26)39(37,38)27-19-17-23(2)18-20-27/h8-20,28H,7,21-22H2,1-6H3,(H,32,36)/t28-/m1/s1. The Labute approximate surface area is 232 Å². The molecule has 0 aliphatic carbocycles. The number of para-hydroxylation sites is 1. The van der Waals surface area contributed by atoms with Crippen LogP contribution in [0.5, 0.6) is 0 Å². The van der Waals surface area contributed by atoms with E-state index >= 15 is 0 Å². The fourth-order valence-corrected chi connectivity index (χ4v) is 5.72. The summed E-state index contributed by atoms with van der Waals surface area (Å²) in [6.45, 7) is 11.1. The van der Waals surface area contributed by atoms with Crippen molar-refractivity contribution in [2.24, 2.45) is 0 Å². The zero-order valence-corrected chi connectivity index (χ0v) is 24.5. The Hall–Kier alpha value is -3.65. The molecule has 0 saturated heterocycles. The Morgan fingerprint density at radius 1 is 0.872 bits per heavy atom. The van der Waals surface area contributed by atoms with Crippen molar-refractivity contribution in [1.82, 2.24) is 10.2 Å². The lowest BCUT2D eigenvalue weighted by molar-refractivity contribution is -0.141. The van der Waals surface area contributed by atoms with E-state index in [0.29, 0.717) is 12.1 Å². The van der Waals surface area contributed by atoms with Crippen LogP contribution in [0.15, 0.2) is 83.8 Å². The molecule has 3 aromatic rings. The summed E-state index contributed by atoms with van der Waals surface area (Å²) < 4.78 is 28.8. The summed E-state index contributed by atoms with van der Waals surface area (Å²) in [7, 11) is -4.08. The molecule has 1 N–H and O–H groups in total. The Morgan fingerprint density at radius 3 is 2.03 bits per heavy atom. The summed E-state index contributed by atoms with van der Waals surface area (Å²) in [4.78, 5) is 29.1. The van der Waals surface area contributed by atoms with Gasteiger partial charge in [0.15, 0.2) is 0 Å². The fourth-order valence-electron chi connectivity index (χ4n) is 4.30. The Morgan fingerprint density at radius 2 is 1.46 bits per heavy atom. The highest BCUT2D eigenvalue weighted by molar-refractivity contribution is 7.92. The van der Waals surface area contributed by atoms with E-state index in [2.05, 4.69) is 5.32 Å². The average Bonchev–Trinajstić information content (AvgIpc) is 2.87. The number of rotatable bonds is 10. The minimum atomic E-state index is -4.08. The number of sulfonamides is 1. The molecule has 3 aromatic carbocycles. The fraction of sp³-hybridized carbons (Fsp3) is 0.355. The number of carbonyl (C=O) groups excluding carboxylic acids is 2. The van der Waals surface area contributed by atoms with Crippen molar-refractivity contribution < 1.29 is 18.0 Å². The number of hydrogen-bond donors (Lipinski definition) is 1. The molecule has 0 spiro atoms.